The van der Waals surface area contributed by atoms with Crippen molar-refractivity contribution in [3.8, 4) is 6.07 Å². The molecule has 25 heavy (non-hydrogen) atoms. The quantitative estimate of drug-likeness (QED) is 0.621. The molecule has 4 rings (SSSR count). The number of hydrogen-bond donors (Lipinski definition) is 0. The molecule has 0 aliphatic carbocycles. The average Bonchev–Trinajstić information content (AvgIpc) is 2.67. The van der Waals surface area contributed by atoms with Crippen LogP contribution in [0.3, 0.4) is 0 Å². The van der Waals surface area contributed by atoms with E-state index in [1.807, 2.05) is 24.3 Å². The van der Waals surface area contributed by atoms with Crippen LogP contribution < -0.4 is 4.90 Å². The van der Waals surface area contributed by atoms with Crippen molar-refractivity contribution in [2.75, 3.05) is 11.4 Å². The SMILES string of the molecule is N#C[C@]1(c2ccccn2)Cc2cc([N+](=O)[O-])ccc2N2CCCC[C@H]21. The van der Waals surface area contributed by atoms with Gasteiger partial charge in [-0.1, -0.05) is 6.07 Å². The summed E-state index contributed by atoms with van der Waals surface area (Å²) in [6.45, 7) is 0.867. The second kappa shape index (κ2) is 5.85. The van der Waals surface area contributed by atoms with E-state index in [0.29, 0.717) is 6.42 Å². The Morgan fingerprint density at radius 2 is 2.20 bits per heavy atom. The van der Waals surface area contributed by atoms with Crippen molar-refractivity contribution < 1.29 is 4.92 Å². The second-order valence-corrected chi connectivity index (χ2v) is 6.75. The number of non-ortho nitro benzene ring substituents is 1. The zero-order valence-electron chi connectivity index (χ0n) is 13.8. The van der Waals surface area contributed by atoms with Crippen molar-refractivity contribution >= 4 is 11.4 Å². The minimum absolute atomic E-state index is 0.0510. The molecule has 0 amide bonds. The molecular weight excluding hydrogens is 316 g/mol. The van der Waals surface area contributed by atoms with Crippen molar-refractivity contribution in [2.45, 2.75) is 37.1 Å². The molecule has 6 heteroatoms. The smallest absolute Gasteiger partial charge is 0.269 e. The zero-order valence-corrected chi connectivity index (χ0v) is 13.8. The maximum atomic E-state index is 11.2. The molecule has 6 nitrogen and oxygen atoms in total. The van der Waals surface area contributed by atoms with E-state index in [9.17, 15) is 15.4 Å². The molecule has 126 valence electrons. The van der Waals surface area contributed by atoms with Gasteiger partial charge in [-0.05, 0) is 43.0 Å². The predicted octanol–water partition coefficient (Wildman–Crippen LogP) is 3.37. The van der Waals surface area contributed by atoms with Crippen molar-refractivity contribution in [1.29, 1.82) is 5.26 Å². The Morgan fingerprint density at radius 3 is 2.92 bits per heavy atom. The first-order chi connectivity index (χ1) is 12.2. The lowest BCUT2D eigenvalue weighted by Gasteiger charge is -2.50. The molecule has 3 heterocycles. The second-order valence-electron chi connectivity index (χ2n) is 6.75. The number of hydrogen-bond acceptors (Lipinski definition) is 5. The fourth-order valence-electron chi connectivity index (χ4n) is 4.32. The molecule has 0 unspecified atom stereocenters. The number of nitro groups is 1. The minimum Gasteiger partial charge on any atom is -0.366 e. The predicted molar refractivity (Wildman–Crippen MR) is 93.3 cm³/mol. The zero-order chi connectivity index (χ0) is 17.4. The summed E-state index contributed by atoms with van der Waals surface area (Å²) in [6.07, 6.45) is 5.25. The highest BCUT2D eigenvalue weighted by Gasteiger charge is 2.50. The van der Waals surface area contributed by atoms with E-state index in [4.69, 9.17) is 0 Å². The summed E-state index contributed by atoms with van der Waals surface area (Å²) in [7, 11) is 0. The van der Waals surface area contributed by atoms with Crippen molar-refractivity contribution in [3.63, 3.8) is 0 Å². The standard InChI is InChI=1S/C19H18N4O2/c20-13-19(17-5-1-3-9-21-17)12-14-11-15(23(24)25)7-8-16(14)22-10-4-2-6-18(19)22/h1,3,5,7-9,11,18H,2,4,6,10,12H2/t18-,19-/m0/s1. The molecule has 2 atom stereocenters. The average molecular weight is 334 g/mol. The fourth-order valence-corrected chi connectivity index (χ4v) is 4.32. The minimum atomic E-state index is -0.774. The lowest BCUT2D eigenvalue weighted by molar-refractivity contribution is -0.384. The number of nitro benzene ring substituents is 1. The number of nitrogens with zero attached hydrogens (tertiary/aromatic N) is 4. The molecule has 0 saturated carbocycles. The lowest BCUT2D eigenvalue weighted by atomic mass is 9.67. The molecule has 1 aromatic heterocycles. The van der Waals surface area contributed by atoms with Gasteiger partial charge in [0.25, 0.3) is 5.69 Å². The van der Waals surface area contributed by atoms with Crippen LogP contribution in [0.15, 0.2) is 42.6 Å². The Hall–Kier alpha value is -2.94. The summed E-state index contributed by atoms with van der Waals surface area (Å²) in [5, 5.41) is 21.4. The van der Waals surface area contributed by atoms with Gasteiger partial charge in [-0.25, -0.2) is 0 Å². The van der Waals surface area contributed by atoms with Gasteiger partial charge in [-0.15, -0.1) is 0 Å². The molecule has 0 bridgehead atoms. The summed E-state index contributed by atoms with van der Waals surface area (Å²) >= 11 is 0. The van der Waals surface area contributed by atoms with Crippen LogP contribution in [0.5, 0.6) is 0 Å². The van der Waals surface area contributed by atoms with Gasteiger partial charge in [0.1, 0.15) is 5.41 Å². The number of pyridine rings is 1. The number of piperidine rings is 1. The van der Waals surface area contributed by atoms with Gasteiger partial charge < -0.3 is 4.90 Å². The van der Waals surface area contributed by atoms with Crippen LogP contribution in [0.2, 0.25) is 0 Å². The van der Waals surface area contributed by atoms with Gasteiger partial charge in [0.2, 0.25) is 0 Å². The maximum absolute atomic E-state index is 11.2. The van der Waals surface area contributed by atoms with Crippen LogP contribution in [0.1, 0.15) is 30.5 Å². The van der Waals surface area contributed by atoms with Crippen LogP contribution in [0, 0.1) is 21.4 Å². The Kier molecular flexibility index (Phi) is 3.65. The van der Waals surface area contributed by atoms with E-state index in [1.54, 1.807) is 18.3 Å². The van der Waals surface area contributed by atoms with Crippen LogP contribution >= 0.6 is 0 Å². The largest absolute Gasteiger partial charge is 0.366 e. The highest BCUT2D eigenvalue weighted by molar-refractivity contribution is 5.64. The van der Waals surface area contributed by atoms with E-state index in [0.717, 1.165) is 42.8 Å². The van der Waals surface area contributed by atoms with Gasteiger partial charge >= 0.3 is 0 Å². The Labute approximate surface area is 145 Å². The highest BCUT2D eigenvalue weighted by Crippen LogP contribution is 2.46. The first-order valence-electron chi connectivity index (χ1n) is 8.52. The van der Waals surface area contributed by atoms with E-state index < -0.39 is 5.41 Å². The van der Waals surface area contributed by atoms with Crippen LogP contribution in [0.25, 0.3) is 0 Å². The van der Waals surface area contributed by atoms with E-state index in [-0.39, 0.29) is 16.7 Å². The third kappa shape index (κ3) is 2.35. The van der Waals surface area contributed by atoms with Crippen LogP contribution in [-0.2, 0) is 11.8 Å². The number of rotatable bonds is 2. The molecule has 2 aromatic rings. The van der Waals surface area contributed by atoms with Gasteiger partial charge in [-0.2, -0.15) is 5.26 Å². The molecule has 2 aliphatic heterocycles. The third-order valence-electron chi connectivity index (χ3n) is 5.45. The molecule has 0 spiro atoms. The van der Waals surface area contributed by atoms with Crippen LogP contribution in [0.4, 0.5) is 11.4 Å². The molecule has 1 fully saturated rings. The molecule has 1 saturated heterocycles. The fraction of sp³-hybridized carbons (Fsp3) is 0.368. The van der Waals surface area contributed by atoms with Crippen molar-refractivity contribution in [3.05, 3.63) is 64.0 Å². The number of nitriles is 1. The summed E-state index contributed by atoms with van der Waals surface area (Å²) in [5.41, 5.74) is 1.94. The maximum Gasteiger partial charge on any atom is 0.269 e. The van der Waals surface area contributed by atoms with E-state index >= 15 is 0 Å². The normalized spacial score (nSPS) is 24.8. The Balaban J connectivity index is 1.90. The van der Waals surface area contributed by atoms with Gasteiger partial charge in [0.15, 0.2) is 0 Å². The molecule has 0 N–H and O–H groups in total. The topological polar surface area (TPSA) is 83.1 Å². The molecule has 0 radical (unpaired) electrons. The monoisotopic (exact) mass is 334 g/mol. The summed E-state index contributed by atoms with van der Waals surface area (Å²) < 4.78 is 0. The molecule has 2 aliphatic rings. The summed E-state index contributed by atoms with van der Waals surface area (Å²) in [5.74, 6) is 0. The Morgan fingerprint density at radius 1 is 1.32 bits per heavy atom. The first kappa shape index (κ1) is 15.6. The first-order valence-corrected chi connectivity index (χ1v) is 8.52. The number of aromatic nitrogens is 1. The summed E-state index contributed by atoms with van der Waals surface area (Å²) in [4.78, 5) is 17.6. The van der Waals surface area contributed by atoms with Gasteiger partial charge in [-0.3, -0.25) is 15.1 Å². The van der Waals surface area contributed by atoms with Crippen molar-refractivity contribution in [2.24, 2.45) is 0 Å². The van der Waals surface area contributed by atoms with Gasteiger partial charge in [0.05, 0.1) is 22.7 Å². The van der Waals surface area contributed by atoms with Gasteiger partial charge in [0, 0.05) is 37.0 Å². The summed E-state index contributed by atoms with van der Waals surface area (Å²) in [6, 6.07) is 13.3. The number of fused-ring (bicyclic) bond motifs is 3. The third-order valence-corrected chi connectivity index (χ3v) is 5.45. The number of anilines is 1. The van der Waals surface area contributed by atoms with E-state index in [2.05, 4.69) is 16.0 Å². The molecular formula is C19H18N4O2. The number of benzene rings is 1. The Bertz CT molecular complexity index is 861. The molecule has 1 aromatic carbocycles. The van der Waals surface area contributed by atoms with Crippen molar-refractivity contribution in [1.82, 2.24) is 4.98 Å². The van der Waals surface area contributed by atoms with E-state index in [1.165, 1.54) is 0 Å². The highest BCUT2D eigenvalue weighted by atomic mass is 16.6. The van der Waals surface area contributed by atoms with Crippen LogP contribution in [-0.4, -0.2) is 22.5 Å². The lowest BCUT2D eigenvalue weighted by Crippen LogP contribution is -2.57.